The molecule has 2 N–H and O–H groups in total. The Morgan fingerprint density at radius 2 is 1.61 bits per heavy atom. The van der Waals surface area contributed by atoms with Gasteiger partial charge in [-0.3, -0.25) is 9.52 Å². The second kappa shape index (κ2) is 8.14. The van der Waals surface area contributed by atoms with Crippen molar-refractivity contribution in [3.05, 3.63) is 83.9 Å². The minimum atomic E-state index is -3.92. The molecule has 0 aliphatic rings. The Balaban J connectivity index is 1.92. The van der Waals surface area contributed by atoms with Crippen LogP contribution < -0.4 is 14.8 Å². The van der Waals surface area contributed by atoms with E-state index in [1.54, 1.807) is 49.4 Å². The Labute approximate surface area is 164 Å². The molecule has 0 aliphatic carbocycles. The van der Waals surface area contributed by atoms with Crippen LogP contribution in [0.2, 0.25) is 0 Å². The summed E-state index contributed by atoms with van der Waals surface area (Å²) in [5.74, 6) is 0.615. The van der Waals surface area contributed by atoms with Gasteiger partial charge in [0.25, 0.3) is 15.9 Å². The molecule has 0 bridgehead atoms. The fourth-order valence-corrected chi connectivity index (χ4v) is 3.70. The van der Waals surface area contributed by atoms with Gasteiger partial charge < -0.3 is 10.1 Å². The molecule has 0 atom stereocenters. The lowest BCUT2D eigenvalue weighted by atomic mass is 10.1. The predicted molar refractivity (Wildman–Crippen MR) is 108 cm³/mol. The molecule has 0 spiro atoms. The molecule has 1 amide bonds. The molecule has 0 unspecified atom stereocenters. The number of anilines is 1. The van der Waals surface area contributed by atoms with E-state index in [1.807, 2.05) is 18.2 Å². The van der Waals surface area contributed by atoms with Crippen LogP contribution in [0, 0.1) is 6.92 Å². The third-order valence-electron chi connectivity index (χ3n) is 4.09. The Kier molecular flexibility index (Phi) is 5.65. The second-order valence-electron chi connectivity index (χ2n) is 6.07. The van der Waals surface area contributed by atoms with Crippen molar-refractivity contribution < 1.29 is 17.9 Å². The fraction of sp³-hybridized carbons (Fsp3) is 0.0952. The average molecular weight is 396 g/mol. The van der Waals surface area contributed by atoms with Crippen LogP contribution in [0.5, 0.6) is 11.5 Å². The summed E-state index contributed by atoms with van der Waals surface area (Å²) < 4.78 is 34.1. The Bertz CT molecular complexity index is 1100. The van der Waals surface area contributed by atoms with Crippen molar-refractivity contribution in [3.8, 4) is 11.5 Å². The van der Waals surface area contributed by atoms with Crippen LogP contribution in [0.25, 0.3) is 0 Å². The second-order valence-corrected chi connectivity index (χ2v) is 7.76. The molecule has 3 rings (SSSR count). The zero-order valence-corrected chi connectivity index (χ0v) is 16.3. The van der Waals surface area contributed by atoms with E-state index in [4.69, 9.17) is 4.74 Å². The van der Waals surface area contributed by atoms with Gasteiger partial charge in [0.05, 0.1) is 10.6 Å². The van der Waals surface area contributed by atoms with Gasteiger partial charge in [0, 0.05) is 12.6 Å². The maximum atomic E-state index is 12.9. The van der Waals surface area contributed by atoms with Gasteiger partial charge >= 0.3 is 0 Å². The highest BCUT2D eigenvalue weighted by atomic mass is 32.2. The van der Waals surface area contributed by atoms with E-state index >= 15 is 0 Å². The highest BCUT2D eigenvalue weighted by Crippen LogP contribution is 2.31. The number of amides is 1. The van der Waals surface area contributed by atoms with E-state index in [-0.39, 0.29) is 10.8 Å². The zero-order valence-electron chi connectivity index (χ0n) is 15.5. The van der Waals surface area contributed by atoms with Crippen molar-refractivity contribution in [1.29, 1.82) is 0 Å². The number of ether oxygens (including phenoxy) is 1. The Hall–Kier alpha value is -3.32. The SMILES string of the molecule is CNC(=O)c1cc(S(=O)(=O)Nc2ccccc2Oc2ccccc2)ccc1C. The average Bonchev–Trinajstić information content (AvgIpc) is 2.69. The fourth-order valence-electron chi connectivity index (χ4n) is 2.61. The molecule has 0 radical (unpaired) electrons. The summed E-state index contributed by atoms with van der Waals surface area (Å²) in [6, 6.07) is 20.3. The van der Waals surface area contributed by atoms with Gasteiger partial charge in [-0.15, -0.1) is 0 Å². The van der Waals surface area contributed by atoms with E-state index in [2.05, 4.69) is 10.0 Å². The smallest absolute Gasteiger partial charge is 0.262 e. The van der Waals surface area contributed by atoms with Crippen molar-refractivity contribution in [2.24, 2.45) is 0 Å². The molecule has 0 aliphatic heterocycles. The summed E-state index contributed by atoms with van der Waals surface area (Å²) in [7, 11) is -2.42. The van der Waals surface area contributed by atoms with Crippen LogP contribution >= 0.6 is 0 Å². The number of rotatable bonds is 6. The van der Waals surface area contributed by atoms with Gasteiger partial charge in [0.1, 0.15) is 5.75 Å². The number of para-hydroxylation sites is 3. The lowest BCUT2D eigenvalue weighted by Crippen LogP contribution is -2.20. The van der Waals surface area contributed by atoms with Crippen LogP contribution in [-0.4, -0.2) is 21.4 Å². The zero-order chi connectivity index (χ0) is 20.1. The summed E-state index contributed by atoms with van der Waals surface area (Å²) in [5.41, 5.74) is 1.29. The number of aryl methyl sites for hydroxylation is 1. The first-order valence-electron chi connectivity index (χ1n) is 8.58. The highest BCUT2D eigenvalue weighted by Gasteiger charge is 2.19. The largest absolute Gasteiger partial charge is 0.455 e. The van der Waals surface area contributed by atoms with Crippen molar-refractivity contribution in [2.45, 2.75) is 11.8 Å². The molecule has 6 nitrogen and oxygen atoms in total. The van der Waals surface area contributed by atoms with Crippen molar-refractivity contribution >= 4 is 21.6 Å². The number of nitrogens with one attached hydrogen (secondary N) is 2. The molecule has 0 saturated heterocycles. The highest BCUT2D eigenvalue weighted by molar-refractivity contribution is 7.92. The van der Waals surface area contributed by atoms with Crippen LogP contribution in [0.15, 0.2) is 77.7 Å². The number of hydrogen-bond donors (Lipinski definition) is 2. The number of hydrogen-bond acceptors (Lipinski definition) is 4. The lowest BCUT2D eigenvalue weighted by molar-refractivity contribution is 0.0962. The van der Waals surface area contributed by atoms with Gasteiger partial charge in [-0.1, -0.05) is 36.4 Å². The topological polar surface area (TPSA) is 84.5 Å². The van der Waals surface area contributed by atoms with Crippen LogP contribution in [0.1, 0.15) is 15.9 Å². The van der Waals surface area contributed by atoms with E-state index in [0.717, 1.165) is 0 Å². The summed E-state index contributed by atoms with van der Waals surface area (Å²) in [5, 5.41) is 2.51. The first-order chi connectivity index (χ1) is 13.4. The number of carbonyl (C=O) groups is 1. The maximum Gasteiger partial charge on any atom is 0.262 e. The van der Waals surface area contributed by atoms with E-state index in [1.165, 1.54) is 19.2 Å². The van der Waals surface area contributed by atoms with Crippen molar-refractivity contribution in [3.63, 3.8) is 0 Å². The van der Waals surface area contributed by atoms with Gasteiger partial charge in [-0.25, -0.2) is 8.42 Å². The summed E-state index contributed by atoms with van der Waals surface area (Å²) in [4.78, 5) is 12.0. The predicted octanol–water partition coefficient (Wildman–Crippen LogP) is 3.95. The Morgan fingerprint density at radius 1 is 0.929 bits per heavy atom. The molecule has 0 fully saturated rings. The van der Waals surface area contributed by atoms with Gasteiger partial charge in [0.2, 0.25) is 0 Å². The summed E-state index contributed by atoms with van der Waals surface area (Å²) >= 11 is 0. The van der Waals surface area contributed by atoms with E-state index in [9.17, 15) is 13.2 Å². The summed E-state index contributed by atoms with van der Waals surface area (Å²) in [6.07, 6.45) is 0. The van der Waals surface area contributed by atoms with E-state index in [0.29, 0.717) is 28.3 Å². The molecule has 3 aromatic carbocycles. The first kappa shape index (κ1) is 19.4. The third-order valence-corrected chi connectivity index (χ3v) is 5.46. The van der Waals surface area contributed by atoms with Gasteiger partial charge in [0.15, 0.2) is 5.75 Å². The van der Waals surface area contributed by atoms with Crippen LogP contribution in [0.4, 0.5) is 5.69 Å². The van der Waals surface area contributed by atoms with Crippen LogP contribution in [-0.2, 0) is 10.0 Å². The lowest BCUT2D eigenvalue weighted by Gasteiger charge is -2.14. The minimum Gasteiger partial charge on any atom is -0.455 e. The van der Waals surface area contributed by atoms with Crippen LogP contribution in [0.3, 0.4) is 0 Å². The molecular weight excluding hydrogens is 376 g/mol. The third kappa shape index (κ3) is 4.32. The number of carbonyl (C=O) groups excluding carboxylic acids is 1. The molecule has 0 saturated carbocycles. The standard InChI is InChI=1S/C21H20N2O4S/c1-15-12-13-17(14-18(15)21(24)22-2)28(25,26)23-19-10-6-7-11-20(19)27-16-8-4-3-5-9-16/h3-14,23H,1-2H3,(H,22,24). The molecule has 0 aromatic heterocycles. The monoisotopic (exact) mass is 396 g/mol. The summed E-state index contributed by atoms with van der Waals surface area (Å²) in [6.45, 7) is 1.75. The molecule has 0 heterocycles. The maximum absolute atomic E-state index is 12.9. The van der Waals surface area contributed by atoms with Crippen molar-refractivity contribution in [2.75, 3.05) is 11.8 Å². The molecule has 28 heavy (non-hydrogen) atoms. The number of benzene rings is 3. The van der Waals surface area contributed by atoms with E-state index < -0.39 is 10.0 Å². The van der Waals surface area contributed by atoms with Gasteiger partial charge in [-0.2, -0.15) is 0 Å². The molecule has 7 heteroatoms. The minimum absolute atomic E-state index is 0.00814. The first-order valence-corrected chi connectivity index (χ1v) is 10.1. The molecule has 3 aromatic rings. The molecule has 144 valence electrons. The number of sulfonamides is 1. The van der Waals surface area contributed by atoms with Crippen molar-refractivity contribution in [1.82, 2.24) is 5.32 Å². The quantitative estimate of drug-likeness (QED) is 0.661. The normalized spacial score (nSPS) is 10.9. The Morgan fingerprint density at radius 3 is 2.32 bits per heavy atom. The molecular formula is C21H20N2O4S. The van der Waals surface area contributed by atoms with Gasteiger partial charge in [-0.05, 0) is 48.9 Å².